The second kappa shape index (κ2) is 7.21. The maximum Gasteiger partial charge on any atom is 0.0700 e. The van der Waals surface area contributed by atoms with Crippen LogP contribution in [0.2, 0.25) is 0 Å². The second-order valence-electron chi connectivity index (χ2n) is 3.98. The molecule has 0 saturated heterocycles. The van der Waals surface area contributed by atoms with Gasteiger partial charge in [0.25, 0.3) is 0 Å². The highest BCUT2D eigenvalue weighted by Crippen LogP contribution is 2.34. The van der Waals surface area contributed by atoms with Gasteiger partial charge in [0, 0.05) is 19.8 Å². The normalized spacial score (nSPS) is 18.4. The third kappa shape index (κ3) is 4.94. The molecule has 1 N–H and O–H groups in total. The lowest BCUT2D eigenvalue weighted by Crippen LogP contribution is -2.27. The maximum absolute atomic E-state index is 5.42. The zero-order valence-electron chi connectivity index (χ0n) is 9.42. The molecule has 1 rings (SSSR count). The topological polar surface area (TPSA) is 30.5 Å². The van der Waals surface area contributed by atoms with Gasteiger partial charge in [0.15, 0.2) is 0 Å². The Morgan fingerprint density at radius 1 is 1.29 bits per heavy atom. The lowest BCUT2D eigenvalue weighted by atomic mass is 10.1. The SMILES string of the molecule is CNC(CCCOCCOC)C1CC1. The van der Waals surface area contributed by atoms with Crippen molar-refractivity contribution < 1.29 is 9.47 Å². The predicted molar refractivity (Wildman–Crippen MR) is 57.5 cm³/mol. The molecule has 1 aliphatic carbocycles. The molecular formula is C11H23NO2. The molecule has 0 radical (unpaired) electrons. The summed E-state index contributed by atoms with van der Waals surface area (Å²) in [5, 5.41) is 3.39. The minimum atomic E-state index is 0.706. The van der Waals surface area contributed by atoms with E-state index >= 15 is 0 Å². The molecule has 0 aromatic heterocycles. The molecule has 0 aromatic rings. The first-order chi connectivity index (χ1) is 6.88. The van der Waals surface area contributed by atoms with E-state index in [4.69, 9.17) is 9.47 Å². The van der Waals surface area contributed by atoms with Crippen LogP contribution in [-0.2, 0) is 9.47 Å². The number of rotatable bonds is 9. The van der Waals surface area contributed by atoms with Crippen LogP contribution in [0.3, 0.4) is 0 Å². The Hall–Kier alpha value is -0.120. The average Bonchev–Trinajstić information content (AvgIpc) is 3.01. The largest absolute Gasteiger partial charge is 0.382 e. The summed E-state index contributed by atoms with van der Waals surface area (Å²) in [4.78, 5) is 0. The third-order valence-electron chi connectivity index (χ3n) is 2.80. The maximum atomic E-state index is 5.42. The standard InChI is InChI=1S/C11H23NO2/c1-12-11(10-5-6-10)4-3-7-14-9-8-13-2/h10-12H,3-9H2,1-2H3. The number of ether oxygens (including phenoxy) is 2. The van der Waals surface area contributed by atoms with Crippen molar-refractivity contribution in [3.63, 3.8) is 0 Å². The molecule has 0 amide bonds. The molecule has 1 atom stereocenters. The van der Waals surface area contributed by atoms with Crippen molar-refractivity contribution in [2.45, 2.75) is 31.7 Å². The zero-order chi connectivity index (χ0) is 10.2. The molecule has 1 saturated carbocycles. The van der Waals surface area contributed by atoms with Gasteiger partial charge >= 0.3 is 0 Å². The first-order valence-electron chi connectivity index (χ1n) is 5.62. The Bertz CT molecular complexity index is 137. The molecule has 0 aliphatic heterocycles. The van der Waals surface area contributed by atoms with Crippen molar-refractivity contribution in [2.75, 3.05) is 34.0 Å². The first kappa shape index (κ1) is 12.0. The van der Waals surface area contributed by atoms with E-state index in [9.17, 15) is 0 Å². The van der Waals surface area contributed by atoms with Crippen LogP contribution < -0.4 is 5.32 Å². The number of hydrogen-bond acceptors (Lipinski definition) is 3. The fraction of sp³-hybridized carbons (Fsp3) is 1.00. The van der Waals surface area contributed by atoms with Crippen molar-refractivity contribution in [3.05, 3.63) is 0 Å². The quantitative estimate of drug-likeness (QED) is 0.572. The van der Waals surface area contributed by atoms with Crippen LogP contribution in [0.1, 0.15) is 25.7 Å². The highest BCUT2D eigenvalue weighted by molar-refractivity contribution is 4.85. The molecule has 0 aromatic carbocycles. The molecule has 1 aliphatic rings. The van der Waals surface area contributed by atoms with Crippen LogP contribution in [0, 0.1) is 5.92 Å². The molecule has 0 spiro atoms. The van der Waals surface area contributed by atoms with Crippen LogP contribution in [0.15, 0.2) is 0 Å². The van der Waals surface area contributed by atoms with Crippen LogP contribution in [0.5, 0.6) is 0 Å². The Morgan fingerprint density at radius 2 is 2.07 bits per heavy atom. The van der Waals surface area contributed by atoms with E-state index in [2.05, 4.69) is 12.4 Å². The van der Waals surface area contributed by atoms with Gasteiger partial charge in [-0.15, -0.1) is 0 Å². The van der Waals surface area contributed by atoms with Gasteiger partial charge in [-0.25, -0.2) is 0 Å². The molecule has 1 fully saturated rings. The van der Waals surface area contributed by atoms with E-state index in [1.807, 2.05) is 0 Å². The van der Waals surface area contributed by atoms with Gasteiger partial charge in [0.1, 0.15) is 0 Å². The van der Waals surface area contributed by atoms with Crippen molar-refractivity contribution in [1.82, 2.24) is 5.32 Å². The fourth-order valence-electron chi connectivity index (χ4n) is 1.76. The molecule has 3 heteroatoms. The summed E-state index contributed by atoms with van der Waals surface area (Å²) < 4.78 is 10.3. The third-order valence-corrected chi connectivity index (χ3v) is 2.80. The molecule has 14 heavy (non-hydrogen) atoms. The van der Waals surface area contributed by atoms with Crippen LogP contribution in [-0.4, -0.2) is 40.0 Å². The summed E-state index contributed by atoms with van der Waals surface area (Å²) >= 11 is 0. The summed E-state index contributed by atoms with van der Waals surface area (Å²) in [5.74, 6) is 0.943. The molecule has 0 heterocycles. The minimum Gasteiger partial charge on any atom is -0.382 e. The Kier molecular flexibility index (Phi) is 6.15. The highest BCUT2D eigenvalue weighted by atomic mass is 16.5. The van der Waals surface area contributed by atoms with Gasteiger partial charge in [0.2, 0.25) is 0 Å². The summed E-state index contributed by atoms with van der Waals surface area (Å²) in [6.07, 6.45) is 5.23. The van der Waals surface area contributed by atoms with Crippen molar-refractivity contribution >= 4 is 0 Å². The first-order valence-corrected chi connectivity index (χ1v) is 5.62. The Labute approximate surface area is 87.2 Å². The molecule has 84 valence electrons. The summed E-state index contributed by atoms with van der Waals surface area (Å²) in [7, 11) is 3.77. The lowest BCUT2D eigenvalue weighted by molar-refractivity contribution is 0.0676. The number of hydrogen-bond donors (Lipinski definition) is 1. The average molecular weight is 201 g/mol. The molecule has 3 nitrogen and oxygen atoms in total. The van der Waals surface area contributed by atoms with Crippen molar-refractivity contribution in [1.29, 1.82) is 0 Å². The van der Waals surface area contributed by atoms with Crippen molar-refractivity contribution in [3.8, 4) is 0 Å². The van der Waals surface area contributed by atoms with E-state index in [-0.39, 0.29) is 0 Å². The van der Waals surface area contributed by atoms with E-state index in [1.165, 1.54) is 19.3 Å². The Balaban J connectivity index is 1.86. The lowest BCUT2D eigenvalue weighted by Gasteiger charge is -2.14. The fourth-order valence-corrected chi connectivity index (χ4v) is 1.76. The smallest absolute Gasteiger partial charge is 0.0700 e. The second-order valence-corrected chi connectivity index (χ2v) is 3.98. The van der Waals surface area contributed by atoms with E-state index in [0.29, 0.717) is 6.61 Å². The van der Waals surface area contributed by atoms with E-state index in [0.717, 1.165) is 31.6 Å². The van der Waals surface area contributed by atoms with Gasteiger partial charge in [-0.2, -0.15) is 0 Å². The number of nitrogens with one attached hydrogen (secondary N) is 1. The minimum absolute atomic E-state index is 0.706. The summed E-state index contributed by atoms with van der Waals surface area (Å²) in [6, 6.07) is 0.723. The van der Waals surface area contributed by atoms with E-state index in [1.54, 1.807) is 7.11 Å². The van der Waals surface area contributed by atoms with Gasteiger partial charge < -0.3 is 14.8 Å². The molecular weight excluding hydrogens is 178 g/mol. The molecule has 0 bridgehead atoms. The molecule has 1 unspecified atom stereocenters. The summed E-state index contributed by atoms with van der Waals surface area (Å²) in [5.41, 5.74) is 0. The van der Waals surface area contributed by atoms with Gasteiger partial charge in [0.05, 0.1) is 13.2 Å². The van der Waals surface area contributed by atoms with Gasteiger partial charge in [-0.3, -0.25) is 0 Å². The van der Waals surface area contributed by atoms with E-state index < -0.39 is 0 Å². The summed E-state index contributed by atoms with van der Waals surface area (Å²) in [6.45, 7) is 2.30. The predicted octanol–water partition coefficient (Wildman–Crippen LogP) is 1.43. The zero-order valence-corrected chi connectivity index (χ0v) is 9.42. The monoisotopic (exact) mass is 201 g/mol. The Morgan fingerprint density at radius 3 is 2.64 bits per heavy atom. The van der Waals surface area contributed by atoms with Crippen LogP contribution >= 0.6 is 0 Å². The van der Waals surface area contributed by atoms with Crippen LogP contribution in [0.25, 0.3) is 0 Å². The highest BCUT2D eigenvalue weighted by Gasteiger charge is 2.29. The van der Waals surface area contributed by atoms with Crippen molar-refractivity contribution in [2.24, 2.45) is 5.92 Å². The van der Waals surface area contributed by atoms with Crippen LogP contribution in [0.4, 0.5) is 0 Å². The van der Waals surface area contributed by atoms with Gasteiger partial charge in [-0.05, 0) is 38.6 Å². The number of methoxy groups -OCH3 is 1. The van der Waals surface area contributed by atoms with Gasteiger partial charge in [-0.1, -0.05) is 0 Å².